The number of methoxy groups -OCH3 is 1. The Labute approximate surface area is 142 Å². The summed E-state index contributed by atoms with van der Waals surface area (Å²) in [7, 11) is 1.65. The van der Waals surface area contributed by atoms with Crippen molar-refractivity contribution < 1.29 is 9.47 Å². The van der Waals surface area contributed by atoms with Gasteiger partial charge in [-0.05, 0) is 49.6 Å². The molecule has 0 fully saturated rings. The van der Waals surface area contributed by atoms with Gasteiger partial charge in [0.15, 0.2) is 17.6 Å². The summed E-state index contributed by atoms with van der Waals surface area (Å²) >= 11 is 0. The minimum atomic E-state index is -0.212. The lowest BCUT2D eigenvalue weighted by atomic mass is 10.1. The molecule has 3 rings (SSSR count). The number of aromatic nitrogens is 2. The number of aromatic amines is 1. The number of nitrogens with one attached hydrogen (secondary N) is 1. The summed E-state index contributed by atoms with van der Waals surface area (Å²) in [6, 6.07) is 12.0. The van der Waals surface area contributed by atoms with E-state index in [1.165, 1.54) is 0 Å². The summed E-state index contributed by atoms with van der Waals surface area (Å²) in [4.78, 5) is 8.01. The Hall–Kier alpha value is -2.75. The summed E-state index contributed by atoms with van der Waals surface area (Å²) in [6.45, 7) is 7.80. The average Bonchev–Trinajstić information content (AvgIpc) is 3.02. The molecule has 0 aliphatic rings. The van der Waals surface area contributed by atoms with Crippen LogP contribution in [0, 0.1) is 6.92 Å². The van der Waals surface area contributed by atoms with E-state index in [2.05, 4.69) is 29.5 Å². The van der Waals surface area contributed by atoms with E-state index < -0.39 is 0 Å². The topological polar surface area (TPSA) is 47.1 Å². The van der Waals surface area contributed by atoms with Gasteiger partial charge in [0, 0.05) is 0 Å². The van der Waals surface area contributed by atoms with Crippen LogP contribution in [0.5, 0.6) is 11.5 Å². The first-order valence-corrected chi connectivity index (χ1v) is 8.02. The molecule has 1 unspecified atom stereocenters. The number of fused-ring (bicyclic) bond motifs is 1. The molecule has 0 aliphatic heterocycles. The maximum atomic E-state index is 6.08. The number of H-pyrrole nitrogens is 1. The van der Waals surface area contributed by atoms with Gasteiger partial charge in [0.2, 0.25) is 0 Å². The van der Waals surface area contributed by atoms with Crippen LogP contribution in [0.25, 0.3) is 11.0 Å². The lowest BCUT2D eigenvalue weighted by molar-refractivity contribution is 0.208. The van der Waals surface area contributed by atoms with Crippen molar-refractivity contribution in [2.45, 2.75) is 26.4 Å². The summed E-state index contributed by atoms with van der Waals surface area (Å²) in [5.41, 5.74) is 4.29. The SMILES string of the molecule is C=CCc1ccc(OC(C)c2nc3c(C)cccc3[nH]2)c(OC)c1. The zero-order valence-electron chi connectivity index (χ0n) is 14.3. The minimum absolute atomic E-state index is 0.212. The monoisotopic (exact) mass is 322 g/mol. The first-order chi connectivity index (χ1) is 11.6. The Morgan fingerprint density at radius 2 is 2.08 bits per heavy atom. The van der Waals surface area contributed by atoms with E-state index in [1.54, 1.807) is 7.11 Å². The highest BCUT2D eigenvalue weighted by Gasteiger charge is 2.16. The van der Waals surface area contributed by atoms with E-state index >= 15 is 0 Å². The van der Waals surface area contributed by atoms with Crippen LogP contribution in [-0.4, -0.2) is 17.1 Å². The molecule has 0 saturated heterocycles. The Kier molecular flexibility index (Phi) is 4.56. The molecule has 0 saturated carbocycles. The molecule has 1 N–H and O–H groups in total. The largest absolute Gasteiger partial charge is 0.493 e. The zero-order valence-corrected chi connectivity index (χ0v) is 14.3. The molecule has 24 heavy (non-hydrogen) atoms. The number of hydrogen-bond acceptors (Lipinski definition) is 3. The number of allylic oxidation sites excluding steroid dienone is 1. The molecule has 0 aliphatic carbocycles. The van der Waals surface area contributed by atoms with Crippen molar-refractivity contribution in [3.63, 3.8) is 0 Å². The quantitative estimate of drug-likeness (QED) is 0.666. The molecule has 1 heterocycles. The second-order valence-electron chi connectivity index (χ2n) is 5.83. The van der Waals surface area contributed by atoms with Crippen molar-refractivity contribution in [3.05, 3.63) is 66.0 Å². The Bertz CT molecular complexity index is 867. The highest BCUT2D eigenvalue weighted by Crippen LogP contribution is 2.32. The lowest BCUT2D eigenvalue weighted by Gasteiger charge is -2.16. The van der Waals surface area contributed by atoms with Gasteiger partial charge < -0.3 is 14.5 Å². The summed E-state index contributed by atoms with van der Waals surface area (Å²) in [6.07, 6.45) is 2.46. The van der Waals surface area contributed by atoms with Gasteiger partial charge in [-0.25, -0.2) is 4.98 Å². The van der Waals surface area contributed by atoms with Crippen molar-refractivity contribution in [1.82, 2.24) is 9.97 Å². The lowest BCUT2D eigenvalue weighted by Crippen LogP contribution is -2.06. The van der Waals surface area contributed by atoms with E-state index in [9.17, 15) is 0 Å². The van der Waals surface area contributed by atoms with Crippen LogP contribution in [0.15, 0.2) is 49.1 Å². The van der Waals surface area contributed by atoms with Crippen LogP contribution in [0.1, 0.15) is 30.0 Å². The van der Waals surface area contributed by atoms with Gasteiger partial charge in [0.25, 0.3) is 0 Å². The first-order valence-electron chi connectivity index (χ1n) is 8.02. The van der Waals surface area contributed by atoms with Gasteiger partial charge in [0.1, 0.15) is 5.82 Å². The predicted octanol–water partition coefficient (Wildman–Crippen LogP) is 4.75. The second-order valence-corrected chi connectivity index (χ2v) is 5.83. The molecule has 0 amide bonds. The maximum absolute atomic E-state index is 6.08. The van der Waals surface area contributed by atoms with Crippen molar-refractivity contribution in [2.24, 2.45) is 0 Å². The fraction of sp³-hybridized carbons (Fsp3) is 0.250. The smallest absolute Gasteiger partial charge is 0.162 e. The molecule has 0 bridgehead atoms. The fourth-order valence-corrected chi connectivity index (χ4v) is 2.74. The molecule has 2 aromatic carbocycles. The Morgan fingerprint density at radius 1 is 1.25 bits per heavy atom. The molecule has 4 heteroatoms. The molecule has 1 atom stereocenters. The number of hydrogen-bond donors (Lipinski definition) is 1. The number of nitrogens with zero attached hydrogens (tertiary/aromatic N) is 1. The zero-order chi connectivity index (χ0) is 17.1. The third-order valence-electron chi connectivity index (χ3n) is 4.03. The summed E-state index contributed by atoms with van der Waals surface area (Å²) in [5, 5.41) is 0. The van der Waals surface area contributed by atoms with Gasteiger partial charge in [-0.3, -0.25) is 0 Å². The number of imidazole rings is 1. The summed E-state index contributed by atoms with van der Waals surface area (Å²) in [5.74, 6) is 2.22. The van der Waals surface area contributed by atoms with Gasteiger partial charge in [-0.1, -0.05) is 24.3 Å². The second kappa shape index (κ2) is 6.79. The third kappa shape index (κ3) is 3.13. The first kappa shape index (κ1) is 16.1. The van der Waals surface area contributed by atoms with Crippen LogP contribution in [0.2, 0.25) is 0 Å². The number of rotatable bonds is 6. The Morgan fingerprint density at radius 3 is 2.79 bits per heavy atom. The number of aryl methyl sites for hydroxylation is 1. The number of para-hydroxylation sites is 1. The normalized spacial score (nSPS) is 12.1. The molecular formula is C20H22N2O2. The van der Waals surface area contributed by atoms with Crippen molar-refractivity contribution >= 4 is 11.0 Å². The highest BCUT2D eigenvalue weighted by atomic mass is 16.5. The van der Waals surface area contributed by atoms with E-state index in [0.29, 0.717) is 11.5 Å². The van der Waals surface area contributed by atoms with Crippen molar-refractivity contribution in [1.29, 1.82) is 0 Å². The van der Waals surface area contributed by atoms with Crippen molar-refractivity contribution in [2.75, 3.05) is 7.11 Å². The molecule has 1 aromatic heterocycles. The molecule has 0 radical (unpaired) electrons. The van der Waals surface area contributed by atoms with Crippen LogP contribution in [0.3, 0.4) is 0 Å². The third-order valence-corrected chi connectivity index (χ3v) is 4.03. The van der Waals surface area contributed by atoms with E-state index in [4.69, 9.17) is 9.47 Å². The summed E-state index contributed by atoms with van der Waals surface area (Å²) < 4.78 is 11.5. The predicted molar refractivity (Wildman–Crippen MR) is 96.8 cm³/mol. The van der Waals surface area contributed by atoms with Crippen LogP contribution in [-0.2, 0) is 6.42 Å². The van der Waals surface area contributed by atoms with Crippen LogP contribution < -0.4 is 9.47 Å². The van der Waals surface area contributed by atoms with Gasteiger partial charge in [0.05, 0.1) is 18.1 Å². The van der Waals surface area contributed by atoms with Gasteiger partial charge in [-0.15, -0.1) is 6.58 Å². The van der Waals surface area contributed by atoms with Crippen LogP contribution in [0.4, 0.5) is 0 Å². The van der Waals surface area contributed by atoms with E-state index in [-0.39, 0.29) is 6.10 Å². The standard InChI is InChI=1S/C20H22N2O2/c1-5-7-15-10-11-17(18(12-15)23-4)24-14(3)20-21-16-9-6-8-13(2)19(16)22-20/h5-6,8-12,14H,1,7H2,2-4H3,(H,21,22). The fourth-order valence-electron chi connectivity index (χ4n) is 2.74. The highest BCUT2D eigenvalue weighted by molar-refractivity contribution is 5.78. The molecular weight excluding hydrogens is 300 g/mol. The molecule has 4 nitrogen and oxygen atoms in total. The van der Waals surface area contributed by atoms with Crippen molar-refractivity contribution in [3.8, 4) is 11.5 Å². The van der Waals surface area contributed by atoms with Crippen LogP contribution >= 0.6 is 0 Å². The van der Waals surface area contributed by atoms with Gasteiger partial charge in [-0.2, -0.15) is 0 Å². The minimum Gasteiger partial charge on any atom is -0.493 e. The van der Waals surface area contributed by atoms with Gasteiger partial charge >= 0.3 is 0 Å². The average molecular weight is 322 g/mol. The molecule has 0 spiro atoms. The Balaban J connectivity index is 1.86. The molecule has 3 aromatic rings. The maximum Gasteiger partial charge on any atom is 0.162 e. The number of ether oxygens (including phenoxy) is 2. The number of benzene rings is 2. The van der Waals surface area contributed by atoms with E-state index in [0.717, 1.165) is 34.4 Å². The van der Waals surface area contributed by atoms with E-state index in [1.807, 2.05) is 43.3 Å². The molecule has 124 valence electrons.